The Bertz CT molecular complexity index is 1290. The molecule has 2 aromatic heterocycles. The number of carbonyl (C=O) groups excluding carboxylic acids is 1. The molecule has 1 aliphatic rings. The number of H-pyrrole nitrogens is 1. The average Bonchev–Trinajstić information content (AvgIpc) is 3.10. The minimum absolute atomic E-state index is 0.183. The molecule has 1 aromatic carbocycles. The van der Waals surface area contributed by atoms with E-state index in [-0.39, 0.29) is 17.3 Å². The third-order valence-electron chi connectivity index (χ3n) is 5.20. The predicted octanol–water partition coefficient (Wildman–Crippen LogP) is 2.12. The van der Waals surface area contributed by atoms with E-state index in [0.29, 0.717) is 42.8 Å². The van der Waals surface area contributed by atoms with Crippen LogP contribution >= 0.6 is 11.6 Å². The molecule has 4 rings (SSSR count). The number of nitrogens with zero attached hydrogens (tertiary/aromatic N) is 5. The summed E-state index contributed by atoms with van der Waals surface area (Å²) in [4.78, 5) is 48.4. The van der Waals surface area contributed by atoms with Crippen LogP contribution in [0.2, 0.25) is 5.02 Å². The lowest BCUT2D eigenvalue weighted by Gasteiger charge is -2.36. The number of fused-ring (bicyclic) bond motifs is 1. The number of hydrogen-bond acceptors (Lipinski definition) is 6. The largest absolute Gasteiger partial charge is 0.444 e. The molecule has 0 unspecified atom stereocenters. The van der Waals surface area contributed by atoms with Gasteiger partial charge in [-0.15, -0.1) is 0 Å². The molecular weight excluding hydrogens is 436 g/mol. The summed E-state index contributed by atoms with van der Waals surface area (Å²) in [7, 11) is 1.41. The molecule has 0 radical (unpaired) electrons. The van der Waals surface area contributed by atoms with Crippen LogP contribution < -0.4 is 16.1 Å². The summed E-state index contributed by atoms with van der Waals surface area (Å²) in [5.74, 6) is 0.468. The maximum Gasteiger partial charge on any atom is 0.410 e. The summed E-state index contributed by atoms with van der Waals surface area (Å²) < 4.78 is 8.13. The molecule has 10 nitrogen and oxygen atoms in total. The van der Waals surface area contributed by atoms with Crippen molar-refractivity contribution in [2.45, 2.75) is 26.4 Å². The number of piperazine rings is 1. The minimum atomic E-state index is -0.571. The summed E-state index contributed by atoms with van der Waals surface area (Å²) in [6.07, 6.45) is -0.366. The second kappa shape index (κ2) is 8.01. The molecule has 3 aromatic rings. The fourth-order valence-corrected chi connectivity index (χ4v) is 3.84. The minimum Gasteiger partial charge on any atom is -0.444 e. The van der Waals surface area contributed by atoms with Crippen molar-refractivity contribution in [3.05, 3.63) is 50.1 Å². The van der Waals surface area contributed by atoms with Crippen molar-refractivity contribution in [3.63, 3.8) is 0 Å². The lowest BCUT2D eigenvalue weighted by Crippen LogP contribution is -2.50. The van der Waals surface area contributed by atoms with Crippen LogP contribution in [0, 0.1) is 0 Å². The predicted molar refractivity (Wildman–Crippen MR) is 122 cm³/mol. The van der Waals surface area contributed by atoms with Gasteiger partial charge < -0.3 is 14.5 Å². The van der Waals surface area contributed by atoms with Gasteiger partial charge in [0.25, 0.3) is 5.56 Å². The molecule has 1 fully saturated rings. The number of aromatic nitrogens is 4. The fraction of sp³-hybridized carbons (Fsp3) is 0.429. The lowest BCUT2D eigenvalue weighted by molar-refractivity contribution is 0.0240. The molecule has 0 atom stereocenters. The second-order valence-corrected chi connectivity index (χ2v) is 9.05. The first-order valence-corrected chi connectivity index (χ1v) is 10.6. The second-order valence-electron chi connectivity index (χ2n) is 8.64. The van der Waals surface area contributed by atoms with Crippen LogP contribution in [0.5, 0.6) is 0 Å². The van der Waals surface area contributed by atoms with Crippen LogP contribution in [0.3, 0.4) is 0 Å². The third-order valence-corrected chi connectivity index (χ3v) is 5.52. The van der Waals surface area contributed by atoms with Gasteiger partial charge in [-0.05, 0) is 32.9 Å². The number of amides is 1. The van der Waals surface area contributed by atoms with Crippen LogP contribution in [0.25, 0.3) is 16.9 Å². The van der Waals surface area contributed by atoms with Gasteiger partial charge >= 0.3 is 11.8 Å². The molecule has 1 N–H and O–H groups in total. The normalized spacial score (nSPS) is 14.8. The summed E-state index contributed by atoms with van der Waals surface area (Å²) in [5.41, 5.74) is -0.613. The van der Waals surface area contributed by atoms with Crippen molar-refractivity contribution in [1.29, 1.82) is 0 Å². The van der Waals surface area contributed by atoms with Crippen LogP contribution in [0.4, 0.5) is 10.7 Å². The summed E-state index contributed by atoms with van der Waals surface area (Å²) in [6, 6.07) is 7.12. The van der Waals surface area contributed by atoms with Crippen LogP contribution in [-0.2, 0) is 11.8 Å². The van der Waals surface area contributed by atoms with Crippen molar-refractivity contribution >= 4 is 34.8 Å². The van der Waals surface area contributed by atoms with Gasteiger partial charge in [0.1, 0.15) is 5.60 Å². The standard InChI is InChI=1S/C21H25ClN6O4/c1-21(2,3)32-20(31)27-11-9-26(10-12-27)18-23-16-15(17(29)25(4)19(30)24-16)28(18)14-8-6-5-7-13(14)22/h5-8H,9-12H2,1-4H3,(H,24,30). The first-order chi connectivity index (χ1) is 15.1. The Labute approximate surface area is 189 Å². The Morgan fingerprint density at radius 1 is 1.12 bits per heavy atom. The first kappa shape index (κ1) is 21.9. The number of imidazole rings is 1. The van der Waals surface area contributed by atoms with Gasteiger partial charge in [-0.3, -0.25) is 18.9 Å². The number of halogens is 1. The van der Waals surface area contributed by atoms with Crippen LogP contribution in [0.1, 0.15) is 20.8 Å². The van der Waals surface area contributed by atoms with Gasteiger partial charge in [0.05, 0.1) is 10.7 Å². The smallest absolute Gasteiger partial charge is 0.410 e. The zero-order valence-electron chi connectivity index (χ0n) is 18.4. The fourth-order valence-electron chi connectivity index (χ4n) is 3.62. The number of nitrogens with one attached hydrogen (secondary N) is 1. The highest BCUT2D eigenvalue weighted by molar-refractivity contribution is 6.32. The number of rotatable bonds is 2. The Balaban J connectivity index is 1.76. The maximum atomic E-state index is 13.0. The maximum absolute atomic E-state index is 13.0. The Morgan fingerprint density at radius 3 is 2.41 bits per heavy atom. The number of carbonyl (C=O) groups is 1. The monoisotopic (exact) mass is 460 g/mol. The zero-order chi connectivity index (χ0) is 23.2. The molecule has 1 amide bonds. The molecule has 1 aliphatic heterocycles. The first-order valence-electron chi connectivity index (χ1n) is 10.3. The zero-order valence-corrected chi connectivity index (χ0v) is 19.1. The molecule has 0 aliphatic carbocycles. The number of aromatic amines is 1. The highest BCUT2D eigenvalue weighted by Gasteiger charge is 2.29. The number of para-hydroxylation sites is 1. The average molecular weight is 461 g/mol. The quantitative estimate of drug-likeness (QED) is 0.628. The van der Waals surface area contributed by atoms with Crippen molar-refractivity contribution < 1.29 is 9.53 Å². The van der Waals surface area contributed by atoms with Gasteiger partial charge in [0.15, 0.2) is 11.2 Å². The highest BCUT2D eigenvalue weighted by atomic mass is 35.5. The number of ether oxygens (including phenoxy) is 1. The van der Waals surface area contributed by atoms with E-state index in [4.69, 9.17) is 16.3 Å². The third kappa shape index (κ3) is 3.97. The molecular formula is C21H25ClN6O4. The van der Waals surface area contributed by atoms with Gasteiger partial charge in [0.2, 0.25) is 5.95 Å². The van der Waals surface area contributed by atoms with Crippen LogP contribution in [0.15, 0.2) is 33.9 Å². The van der Waals surface area contributed by atoms with E-state index in [1.807, 2.05) is 31.7 Å². The van der Waals surface area contributed by atoms with E-state index in [9.17, 15) is 14.4 Å². The molecule has 0 saturated carbocycles. The molecule has 32 heavy (non-hydrogen) atoms. The highest BCUT2D eigenvalue weighted by Crippen LogP contribution is 2.29. The lowest BCUT2D eigenvalue weighted by atomic mass is 10.2. The number of benzene rings is 1. The van der Waals surface area contributed by atoms with E-state index in [1.54, 1.807) is 27.7 Å². The van der Waals surface area contributed by atoms with E-state index in [0.717, 1.165) is 4.57 Å². The van der Waals surface area contributed by atoms with Crippen molar-refractivity contribution in [1.82, 2.24) is 24.0 Å². The SMILES string of the molecule is Cn1c(=O)[nH]c2nc(N3CCN(C(=O)OC(C)(C)C)CC3)n(-c3ccccc3Cl)c2c1=O. The van der Waals surface area contributed by atoms with E-state index < -0.39 is 16.9 Å². The molecule has 11 heteroatoms. The van der Waals surface area contributed by atoms with Crippen molar-refractivity contribution in [2.75, 3.05) is 31.1 Å². The topological polar surface area (TPSA) is 105 Å². The molecule has 3 heterocycles. The van der Waals surface area contributed by atoms with E-state index in [1.165, 1.54) is 7.05 Å². The summed E-state index contributed by atoms with van der Waals surface area (Å²) in [5, 5.41) is 0.439. The number of hydrogen-bond donors (Lipinski definition) is 1. The van der Waals surface area contributed by atoms with Gasteiger partial charge in [0, 0.05) is 33.2 Å². The molecule has 0 spiro atoms. The molecule has 1 saturated heterocycles. The van der Waals surface area contributed by atoms with Gasteiger partial charge in [-0.1, -0.05) is 23.7 Å². The van der Waals surface area contributed by atoms with Crippen molar-refractivity contribution in [2.24, 2.45) is 7.05 Å². The Hall–Kier alpha value is -3.27. The number of anilines is 1. The summed E-state index contributed by atoms with van der Waals surface area (Å²) >= 11 is 6.46. The van der Waals surface area contributed by atoms with Crippen LogP contribution in [-0.4, -0.2) is 61.9 Å². The molecule has 0 bridgehead atoms. The Kier molecular flexibility index (Phi) is 5.49. The Morgan fingerprint density at radius 2 is 1.78 bits per heavy atom. The summed E-state index contributed by atoms with van der Waals surface area (Å²) in [6.45, 7) is 7.27. The van der Waals surface area contributed by atoms with Gasteiger partial charge in [-0.2, -0.15) is 4.98 Å². The molecule has 170 valence electrons. The van der Waals surface area contributed by atoms with Gasteiger partial charge in [-0.25, -0.2) is 9.59 Å². The van der Waals surface area contributed by atoms with Crippen molar-refractivity contribution in [3.8, 4) is 5.69 Å². The van der Waals surface area contributed by atoms with E-state index in [2.05, 4.69) is 9.97 Å². The van der Waals surface area contributed by atoms with E-state index >= 15 is 0 Å².